The molecule has 0 radical (unpaired) electrons. The highest BCUT2D eigenvalue weighted by Crippen LogP contribution is 2.19. The molecule has 1 aliphatic rings. The van der Waals surface area contributed by atoms with E-state index in [4.69, 9.17) is 4.74 Å². The highest BCUT2D eigenvalue weighted by Gasteiger charge is 2.27. The summed E-state index contributed by atoms with van der Waals surface area (Å²) in [6.45, 7) is 5.37. The van der Waals surface area contributed by atoms with Crippen molar-refractivity contribution in [2.45, 2.75) is 51.7 Å². The Kier molecular flexibility index (Phi) is 5.47. The molecule has 0 N–H and O–H groups in total. The van der Waals surface area contributed by atoms with Crippen LogP contribution >= 0.6 is 0 Å². The zero-order valence-electron chi connectivity index (χ0n) is 9.59. The Morgan fingerprint density at radius 1 is 1.47 bits per heavy atom. The summed E-state index contributed by atoms with van der Waals surface area (Å²) >= 11 is 0. The molecule has 0 bridgehead atoms. The van der Waals surface area contributed by atoms with Crippen LogP contribution < -0.4 is 0 Å². The van der Waals surface area contributed by atoms with E-state index in [1.807, 2.05) is 11.8 Å². The lowest BCUT2D eigenvalue weighted by Gasteiger charge is -2.25. The van der Waals surface area contributed by atoms with Gasteiger partial charge < -0.3 is 4.74 Å². The summed E-state index contributed by atoms with van der Waals surface area (Å²) < 4.78 is 30.1. The van der Waals surface area contributed by atoms with Crippen LogP contribution in [0.3, 0.4) is 0 Å². The van der Waals surface area contributed by atoms with Crippen molar-refractivity contribution < 1.29 is 13.5 Å². The maximum absolute atomic E-state index is 12.2. The van der Waals surface area contributed by atoms with E-state index in [0.29, 0.717) is 6.61 Å². The van der Waals surface area contributed by atoms with Crippen LogP contribution in [0.5, 0.6) is 0 Å². The third kappa shape index (κ3) is 4.43. The smallest absolute Gasteiger partial charge is 0.251 e. The average Bonchev–Trinajstić information content (AvgIpc) is 2.61. The molecule has 90 valence electrons. The highest BCUT2D eigenvalue weighted by molar-refractivity contribution is 4.79. The van der Waals surface area contributed by atoms with Crippen molar-refractivity contribution in [1.29, 1.82) is 0 Å². The van der Waals surface area contributed by atoms with E-state index in [9.17, 15) is 8.78 Å². The van der Waals surface area contributed by atoms with E-state index in [0.717, 1.165) is 25.8 Å². The normalized spacial score (nSPS) is 25.0. The molecule has 2 nitrogen and oxygen atoms in total. The fraction of sp³-hybridized carbons (Fsp3) is 1.00. The van der Waals surface area contributed by atoms with Crippen LogP contribution in [0.15, 0.2) is 0 Å². The zero-order chi connectivity index (χ0) is 11.3. The Labute approximate surface area is 90.6 Å². The Balaban J connectivity index is 2.26. The molecule has 1 rings (SSSR count). The Morgan fingerprint density at radius 2 is 2.20 bits per heavy atom. The lowest BCUT2D eigenvalue weighted by atomic mass is 10.2. The molecule has 0 saturated carbocycles. The minimum atomic E-state index is -2.23. The van der Waals surface area contributed by atoms with Gasteiger partial charge in [-0.1, -0.05) is 6.92 Å². The first-order valence-electron chi connectivity index (χ1n) is 5.77. The second-order valence-electron chi connectivity index (χ2n) is 4.23. The molecule has 1 saturated heterocycles. The van der Waals surface area contributed by atoms with Gasteiger partial charge in [0.1, 0.15) is 0 Å². The fourth-order valence-corrected chi connectivity index (χ4v) is 1.89. The van der Waals surface area contributed by atoms with Gasteiger partial charge in [-0.25, -0.2) is 8.78 Å². The second-order valence-corrected chi connectivity index (χ2v) is 4.23. The van der Waals surface area contributed by atoms with Gasteiger partial charge in [0.05, 0.1) is 19.3 Å². The predicted octanol–water partition coefficient (Wildman–Crippen LogP) is 2.53. The average molecular weight is 221 g/mol. The van der Waals surface area contributed by atoms with Gasteiger partial charge in [-0.3, -0.25) is 4.90 Å². The van der Waals surface area contributed by atoms with E-state index in [2.05, 4.69) is 6.92 Å². The van der Waals surface area contributed by atoms with E-state index < -0.39 is 6.43 Å². The number of halogens is 2. The monoisotopic (exact) mass is 221 g/mol. The SMILES string of the molecule is CCC(C)OCC1CCCN1CC(F)F. The molecule has 0 aromatic carbocycles. The van der Waals surface area contributed by atoms with E-state index in [1.165, 1.54) is 0 Å². The number of rotatable bonds is 6. The van der Waals surface area contributed by atoms with Crippen molar-refractivity contribution in [3.63, 3.8) is 0 Å². The molecule has 2 unspecified atom stereocenters. The molecule has 0 amide bonds. The topological polar surface area (TPSA) is 12.5 Å². The Hall–Kier alpha value is -0.220. The van der Waals surface area contributed by atoms with Gasteiger partial charge in [-0.15, -0.1) is 0 Å². The first-order chi connectivity index (χ1) is 7.13. The molecular formula is C11H21F2NO. The second kappa shape index (κ2) is 6.38. The van der Waals surface area contributed by atoms with Crippen molar-refractivity contribution >= 4 is 0 Å². The van der Waals surface area contributed by atoms with Crippen molar-refractivity contribution in [3.05, 3.63) is 0 Å². The summed E-state index contributed by atoms with van der Waals surface area (Å²) in [7, 11) is 0. The van der Waals surface area contributed by atoms with E-state index in [1.54, 1.807) is 0 Å². The third-order valence-corrected chi connectivity index (χ3v) is 3.02. The Morgan fingerprint density at radius 3 is 2.80 bits per heavy atom. The summed E-state index contributed by atoms with van der Waals surface area (Å²) in [6, 6.07) is 0.202. The van der Waals surface area contributed by atoms with Gasteiger partial charge >= 0.3 is 0 Å². The number of hydrogen-bond donors (Lipinski definition) is 0. The maximum Gasteiger partial charge on any atom is 0.251 e. The van der Waals surface area contributed by atoms with Crippen molar-refractivity contribution in [3.8, 4) is 0 Å². The summed E-state index contributed by atoms with van der Waals surface area (Å²) in [5, 5.41) is 0. The molecule has 0 spiro atoms. The van der Waals surface area contributed by atoms with Crippen molar-refractivity contribution in [1.82, 2.24) is 4.90 Å². The van der Waals surface area contributed by atoms with Gasteiger partial charge in [-0.2, -0.15) is 0 Å². The molecule has 4 heteroatoms. The largest absolute Gasteiger partial charge is 0.377 e. The predicted molar refractivity (Wildman–Crippen MR) is 56.3 cm³/mol. The lowest BCUT2D eigenvalue weighted by molar-refractivity contribution is 0.0101. The molecule has 0 aromatic rings. The zero-order valence-corrected chi connectivity index (χ0v) is 9.59. The first-order valence-corrected chi connectivity index (χ1v) is 5.77. The minimum absolute atomic E-state index is 0.103. The van der Waals surface area contributed by atoms with Gasteiger partial charge in [0, 0.05) is 6.04 Å². The van der Waals surface area contributed by atoms with Crippen LogP contribution in [0.25, 0.3) is 0 Å². The molecule has 15 heavy (non-hydrogen) atoms. The van der Waals surface area contributed by atoms with E-state index in [-0.39, 0.29) is 18.7 Å². The number of likely N-dealkylation sites (tertiary alicyclic amines) is 1. The molecule has 1 heterocycles. The Bertz CT molecular complexity index is 178. The van der Waals surface area contributed by atoms with Crippen LogP contribution in [0.2, 0.25) is 0 Å². The van der Waals surface area contributed by atoms with Crippen LogP contribution in [-0.2, 0) is 4.74 Å². The van der Waals surface area contributed by atoms with Gasteiger partial charge in [0.15, 0.2) is 0 Å². The summed E-state index contributed by atoms with van der Waals surface area (Å²) in [4.78, 5) is 1.85. The van der Waals surface area contributed by atoms with E-state index >= 15 is 0 Å². The van der Waals surface area contributed by atoms with Crippen LogP contribution in [0.4, 0.5) is 8.78 Å². The number of nitrogens with zero attached hydrogens (tertiary/aromatic N) is 1. The highest BCUT2D eigenvalue weighted by atomic mass is 19.3. The van der Waals surface area contributed by atoms with Crippen LogP contribution in [-0.4, -0.2) is 43.2 Å². The molecule has 1 fully saturated rings. The van der Waals surface area contributed by atoms with Crippen LogP contribution in [0, 0.1) is 0 Å². The number of hydrogen-bond acceptors (Lipinski definition) is 2. The molecule has 0 aromatic heterocycles. The standard InChI is InChI=1S/C11H21F2NO/c1-3-9(2)15-8-10-5-4-6-14(10)7-11(12)13/h9-11H,3-8H2,1-2H3. The number of alkyl halides is 2. The molecule has 1 aliphatic heterocycles. The fourth-order valence-electron chi connectivity index (χ4n) is 1.89. The molecular weight excluding hydrogens is 200 g/mol. The third-order valence-electron chi connectivity index (χ3n) is 3.02. The maximum atomic E-state index is 12.2. The van der Waals surface area contributed by atoms with Crippen molar-refractivity contribution in [2.75, 3.05) is 19.7 Å². The summed E-state index contributed by atoms with van der Waals surface area (Å²) in [5.41, 5.74) is 0. The summed E-state index contributed by atoms with van der Waals surface area (Å²) in [6.07, 6.45) is 0.986. The van der Waals surface area contributed by atoms with Gasteiger partial charge in [0.2, 0.25) is 0 Å². The first kappa shape index (κ1) is 12.8. The van der Waals surface area contributed by atoms with Gasteiger partial charge in [-0.05, 0) is 32.7 Å². The van der Waals surface area contributed by atoms with Gasteiger partial charge in [0.25, 0.3) is 6.43 Å². The summed E-state index contributed by atoms with van der Waals surface area (Å²) in [5.74, 6) is 0. The number of ether oxygens (including phenoxy) is 1. The van der Waals surface area contributed by atoms with Crippen molar-refractivity contribution in [2.24, 2.45) is 0 Å². The molecule has 2 atom stereocenters. The minimum Gasteiger partial charge on any atom is -0.377 e. The molecule has 0 aliphatic carbocycles. The quantitative estimate of drug-likeness (QED) is 0.683. The lowest BCUT2D eigenvalue weighted by Crippen LogP contribution is -2.37. The van der Waals surface area contributed by atoms with Crippen LogP contribution in [0.1, 0.15) is 33.1 Å².